The summed E-state index contributed by atoms with van der Waals surface area (Å²) in [6, 6.07) is 17.7. The number of piperazine rings is 2. The van der Waals surface area contributed by atoms with Gasteiger partial charge >= 0.3 is 6.03 Å². The predicted molar refractivity (Wildman–Crippen MR) is 258 cm³/mol. The Bertz CT molecular complexity index is 3070. The fraction of sp³-hybridized carbons (Fsp3) is 0.353. The minimum atomic E-state index is -0.664. The number of carbonyl (C=O) groups is 1. The van der Waals surface area contributed by atoms with Crippen molar-refractivity contribution < 1.29 is 31.8 Å². The highest BCUT2D eigenvalue weighted by Crippen LogP contribution is 2.37. The van der Waals surface area contributed by atoms with Crippen LogP contribution in [0.4, 0.5) is 22.4 Å². The van der Waals surface area contributed by atoms with Gasteiger partial charge in [0.15, 0.2) is 11.6 Å². The number of aromatic amines is 4. The Hall–Kier alpha value is -7.33. The maximum Gasteiger partial charge on any atom is 0.322 e. The number of aromatic nitrogens is 8. The molecule has 372 valence electrons. The van der Waals surface area contributed by atoms with E-state index >= 15 is 4.79 Å². The summed E-state index contributed by atoms with van der Waals surface area (Å²) in [7, 11) is 4.18. The number of rotatable bonds is 10. The second-order valence-corrected chi connectivity index (χ2v) is 19.5. The number of benzene rings is 4. The number of hydrogen-bond donors (Lipinski definition) is 4. The van der Waals surface area contributed by atoms with E-state index in [1.54, 1.807) is 26.0 Å². The zero-order valence-electron chi connectivity index (χ0n) is 40.0. The molecule has 72 heavy (non-hydrogen) atoms. The maximum atomic E-state index is 15.0. The summed E-state index contributed by atoms with van der Waals surface area (Å²) >= 11 is 0. The fourth-order valence-electron chi connectivity index (χ4n) is 10.6. The summed E-state index contributed by atoms with van der Waals surface area (Å²) in [5.74, 6) is -0.397. The molecule has 4 aromatic carbocycles. The quantitative estimate of drug-likeness (QED) is 0.0994. The van der Waals surface area contributed by atoms with Gasteiger partial charge in [-0.1, -0.05) is 0 Å². The van der Waals surface area contributed by atoms with Gasteiger partial charge in [-0.25, -0.2) is 32.3 Å². The van der Waals surface area contributed by atoms with Crippen molar-refractivity contribution in [2.45, 2.75) is 64.6 Å². The first-order chi connectivity index (χ1) is 34.8. The highest BCUT2D eigenvalue weighted by atomic mass is 19.1. The second kappa shape index (κ2) is 18.1. The van der Waals surface area contributed by atoms with Crippen LogP contribution in [-0.4, -0.2) is 141 Å². The van der Waals surface area contributed by atoms with Crippen molar-refractivity contribution in [2.75, 3.05) is 53.4 Å². The Balaban J connectivity index is 0.726. The molecule has 4 aromatic heterocycles. The Labute approximate surface area is 410 Å². The van der Waals surface area contributed by atoms with Gasteiger partial charge in [-0.15, -0.1) is 0 Å². The molecule has 0 saturated carbocycles. The highest BCUT2D eigenvalue weighted by Gasteiger charge is 2.44. The van der Waals surface area contributed by atoms with Crippen LogP contribution < -0.4 is 9.47 Å². The van der Waals surface area contributed by atoms with Gasteiger partial charge < -0.3 is 39.0 Å². The van der Waals surface area contributed by atoms with E-state index in [9.17, 15) is 17.6 Å². The molecular weight excluding hydrogens is 933 g/mol. The van der Waals surface area contributed by atoms with Gasteiger partial charge in [-0.05, 0) is 99.7 Å². The van der Waals surface area contributed by atoms with E-state index in [2.05, 4.69) is 64.1 Å². The zero-order valence-corrected chi connectivity index (χ0v) is 40.0. The van der Waals surface area contributed by atoms with Crippen molar-refractivity contribution in [3.63, 3.8) is 0 Å². The number of carbonyl (C=O) groups excluding carboxylic acids is 1. The van der Waals surface area contributed by atoms with Crippen molar-refractivity contribution in [1.29, 1.82) is 0 Å². The Morgan fingerprint density at radius 1 is 0.583 bits per heavy atom. The third kappa shape index (κ3) is 8.58. The molecule has 4 atom stereocenters. The van der Waals surface area contributed by atoms with Crippen LogP contribution in [0.25, 0.3) is 44.8 Å². The molecule has 17 nitrogen and oxygen atoms in total. The lowest BCUT2D eigenvalue weighted by Crippen LogP contribution is -2.67. The van der Waals surface area contributed by atoms with Gasteiger partial charge in [0, 0.05) is 88.4 Å². The maximum absolute atomic E-state index is 15.0. The number of likely N-dealkylation sites (N-methyl/N-ethyl adjacent to an activating group) is 2. The number of H-pyrrole nitrogens is 4. The topological polar surface area (TPSA) is 170 Å². The van der Waals surface area contributed by atoms with Crippen molar-refractivity contribution in [1.82, 2.24) is 69.7 Å². The number of fused-ring (bicyclic) bond motifs is 4. The summed E-state index contributed by atoms with van der Waals surface area (Å²) in [4.78, 5) is 45.4. The molecule has 8 aromatic rings. The average Bonchev–Trinajstić information content (AvgIpc) is 4.21. The van der Waals surface area contributed by atoms with E-state index in [4.69, 9.17) is 19.4 Å². The van der Waals surface area contributed by atoms with Crippen molar-refractivity contribution >= 4 is 27.8 Å². The summed E-state index contributed by atoms with van der Waals surface area (Å²) in [5.41, 5.74) is 7.30. The summed E-state index contributed by atoms with van der Waals surface area (Å²) in [6.45, 7) is 9.72. The first-order valence-corrected chi connectivity index (χ1v) is 24.1. The van der Waals surface area contributed by atoms with Crippen LogP contribution in [0.1, 0.15) is 60.0 Å². The standard InChI is InChI=1S/C51H52F4N14O3/c1-27(29-13-31(52)17-32(53)14-29)71-35-5-7-39-37(19-35)47(62-60-39)49-56-41-21-66(22-42(41)57-49)45-25-64(3)9-11-68(45)51(70)69-12-10-65(4)26-46(69)67-23-43-44(24-67)59-50(58-43)48-38-20-36(6-8-40(38)61-63-48)72-28(2)30-15-33(54)18-34(55)16-30/h5-8,13-20,27-28,45-46H,9-12,21-26H2,1-4H3,(H,56,57)(H,58,59)(H,60,62)(H,61,63). The van der Waals surface area contributed by atoms with Gasteiger partial charge in [0.05, 0.1) is 33.8 Å². The molecule has 2 amide bonds. The third-order valence-electron chi connectivity index (χ3n) is 14.5. The van der Waals surface area contributed by atoms with E-state index in [0.717, 1.165) is 69.8 Å². The van der Waals surface area contributed by atoms with E-state index in [1.165, 1.54) is 24.3 Å². The average molecular weight is 985 g/mol. The van der Waals surface area contributed by atoms with Gasteiger partial charge in [0.2, 0.25) is 0 Å². The zero-order chi connectivity index (χ0) is 49.5. The van der Waals surface area contributed by atoms with E-state index in [0.29, 0.717) is 98.0 Å². The minimum Gasteiger partial charge on any atom is -0.486 e. The SMILES string of the molecule is CC(Oc1ccc2[nH]nc(-c3nc4c([nH]3)CN(C3CN(C)CCN3C(=O)N3CCN(C)CC3N3Cc5nc(-c6n[nH]c7ccc(OC(C)c8cc(F)cc(F)c8)cc67)[nH]c5C3)C4)c2c1)c1cc(F)cc(F)c1. The molecule has 12 rings (SSSR count). The molecule has 4 unspecified atom stereocenters. The molecule has 0 aliphatic carbocycles. The first-order valence-electron chi connectivity index (χ1n) is 24.1. The van der Waals surface area contributed by atoms with Gasteiger partial charge in [0.1, 0.15) is 70.7 Å². The number of amides is 2. The smallest absolute Gasteiger partial charge is 0.322 e. The molecule has 8 heterocycles. The minimum absolute atomic E-state index is 0.00959. The highest BCUT2D eigenvalue weighted by molar-refractivity contribution is 5.93. The predicted octanol–water partition coefficient (Wildman–Crippen LogP) is 7.65. The Morgan fingerprint density at radius 2 is 1.00 bits per heavy atom. The van der Waals surface area contributed by atoms with Crippen LogP contribution >= 0.6 is 0 Å². The second-order valence-electron chi connectivity index (χ2n) is 19.5. The molecule has 0 spiro atoms. The molecule has 0 bridgehead atoms. The van der Waals surface area contributed by atoms with E-state index in [1.807, 2.05) is 34.1 Å². The molecule has 0 radical (unpaired) electrons. The van der Waals surface area contributed by atoms with Gasteiger partial charge in [-0.2, -0.15) is 10.2 Å². The lowest BCUT2D eigenvalue weighted by atomic mass is 10.1. The number of imidazole rings is 2. The number of urea groups is 1. The van der Waals surface area contributed by atoms with Crippen LogP contribution in [0.5, 0.6) is 11.5 Å². The lowest BCUT2D eigenvalue weighted by Gasteiger charge is -2.50. The van der Waals surface area contributed by atoms with Crippen LogP contribution in [0.3, 0.4) is 0 Å². The molecule has 2 fully saturated rings. The molecular formula is C51H52F4N14O3. The third-order valence-corrected chi connectivity index (χ3v) is 14.5. The Morgan fingerprint density at radius 3 is 1.40 bits per heavy atom. The molecule has 4 aliphatic heterocycles. The number of nitrogens with one attached hydrogen (secondary N) is 4. The first kappa shape index (κ1) is 45.8. The normalized spacial score (nSPS) is 19.9. The van der Waals surface area contributed by atoms with Gasteiger partial charge in [-0.3, -0.25) is 20.0 Å². The molecule has 21 heteroatoms. The fourth-order valence-corrected chi connectivity index (χ4v) is 10.6. The van der Waals surface area contributed by atoms with Crippen LogP contribution in [0, 0.1) is 23.3 Å². The van der Waals surface area contributed by atoms with E-state index in [-0.39, 0.29) is 18.4 Å². The van der Waals surface area contributed by atoms with Crippen LogP contribution in [0.15, 0.2) is 72.8 Å². The lowest BCUT2D eigenvalue weighted by molar-refractivity contribution is -0.0377. The molecule has 4 N–H and O–H groups in total. The largest absolute Gasteiger partial charge is 0.486 e. The van der Waals surface area contributed by atoms with Crippen LogP contribution in [0.2, 0.25) is 0 Å². The van der Waals surface area contributed by atoms with Crippen molar-refractivity contribution in [3.8, 4) is 34.5 Å². The Kier molecular flexibility index (Phi) is 11.5. The van der Waals surface area contributed by atoms with Crippen molar-refractivity contribution in [2.24, 2.45) is 0 Å². The number of nitrogens with zero attached hydrogens (tertiary/aromatic N) is 10. The van der Waals surface area contributed by atoms with Gasteiger partial charge in [0.25, 0.3) is 0 Å². The molecule has 4 aliphatic rings. The summed E-state index contributed by atoms with van der Waals surface area (Å²) in [5, 5.41) is 16.9. The number of hydrogen-bond acceptors (Lipinski definition) is 11. The summed E-state index contributed by atoms with van der Waals surface area (Å²) in [6.07, 6.45) is -1.60. The monoisotopic (exact) mass is 984 g/mol. The number of halogens is 4. The van der Waals surface area contributed by atoms with E-state index < -0.39 is 35.5 Å². The number of ether oxygens (including phenoxy) is 2. The van der Waals surface area contributed by atoms with Crippen LogP contribution in [-0.2, 0) is 26.2 Å². The van der Waals surface area contributed by atoms with Crippen molar-refractivity contribution in [3.05, 3.63) is 130 Å². The summed E-state index contributed by atoms with van der Waals surface area (Å²) < 4.78 is 68.1. The molecule has 2 saturated heterocycles.